The van der Waals surface area contributed by atoms with E-state index >= 15 is 0 Å². The molecule has 8 heteroatoms. The van der Waals surface area contributed by atoms with E-state index in [1.54, 1.807) is 11.4 Å². The molecule has 0 saturated heterocycles. The molecule has 0 fully saturated rings. The van der Waals surface area contributed by atoms with Crippen molar-refractivity contribution in [2.24, 2.45) is 5.16 Å². The standard InChI is InChI=1S/C16H12F2N2O4/c17-10-3-1-4-11(18)14(10)15(21)19-16(22)24-20-12-5-2-6-13-9(12)7-8-23-13/h1,3-4,7-8H,2,5-6H2,(H,19,21,22)/b20-12+. The zero-order valence-corrected chi connectivity index (χ0v) is 12.3. The SMILES string of the molecule is O=C(NC(=O)c1c(F)cccc1F)O/N=C1\CCCc2occc21. The number of oxime groups is 1. The Morgan fingerprint density at radius 2 is 1.92 bits per heavy atom. The third-order valence-electron chi connectivity index (χ3n) is 3.52. The van der Waals surface area contributed by atoms with Gasteiger partial charge in [-0.3, -0.25) is 14.9 Å². The fourth-order valence-corrected chi connectivity index (χ4v) is 2.43. The van der Waals surface area contributed by atoms with Gasteiger partial charge in [0, 0.05) is 12.0 Å². The minimum Gasteiger partial charge on any atom is -0.469 e. The largest absolute Gasteiger partial charge is 0.469 e. The van der Waals surface area contributed by atoms with Crippen molar-refractivity contribution in [2.45, 2.75) is 19.3 Å². The van der Waals surface area contributed by atoms with Crippen molar-refractivity contribution >= 4 is 17.7 Å². The van der Waals surface area contributed by atoms with Crippen molar-refractivity contribution in [2.75, 3.05) is 0 Å². The van der Waals surface area contributed by atoms with Crippen molar-refractivity contribution in [3.8, 4) is 0 Å². The molecule has 1 aromatic heterocycles. The Morgan fingerprint density at radius 3 is 2.67 bits per heavy atom. The van der Waals surface area contributed by atoms with E-state index < -0.39 is 29.2 Å². The van der Waals surface area contributed by atoms with Crippen LogP contribution in [0.4, 0.5) is 13.6 Å². The minimum atomic E-state index is -1.25. The second-order valence-electron chi connectivity index (χ2n) is 5.08. The predicted molar refractivity (Wildman–Crippen MR) is 78.5 cm³/mol. The molecule has 2 aromatic rings. The average molecular weight is 334 g/mol. The highest BCUT2D eigenvalue weighted by Gasteiger charge is 2.22. The van der Waals surface area contributed by atoms with Crippen LogP contribution in [-0.2, 0) is 11.3 Å². The first-order valence-corrected chi connectivity index (χ1v) is 7.16. The third-order valence-corrected chi connectivity index (χ3v) is 3.52. The number of benzene rings is 1. The predicted octanol–water partition coefficient (Wildman–Crippen LogP) is 3.16. The van der Waals surface area contributed by atoms with Crippen molar-refractivity contribution in [3.05, 3.63) is 59.1 Å². The fourth-order valence-electron chi connectivity index (χ4n) is 2.43. The molecule has 24 heavy (non-hydrogen) atoms. The summed E-state index contributed by atoms with van der Waals surface area (Å²) >= 11 is 0. The number of nitrogens with zero attached hydrogens (tertiary/aromatic N) is 1. The summed E-state index contributed by atoms with van der Waals surface area (Å²) in [7, 11) is 0. The molecular formula is C16H12F2N2O4. The van der Waals surface area contributed by atoms with E-state index in [0.717, 1.165) is 42.4 Å². The van der Waals surface area contributed by atoms with E-state index in [1.165, 1.54) is 6.26 Å². The van der Waals surface area contributed by atoms with Crippen molar-refractivity contribution in [1.29, 1.82) is 0 Å². The number of furan rings is 1. The Hall–Kier alpha value is -3.03. The van der Waals surface area contributed by atoms with E-state index in [2.05, 4.69) is 9.99 Å². The molecule has 3 rings (SSSR count). The first kappa shape index (κ1) is 15.9. The molecule has 124 valence electrons. The maximum Gasteiger partial charge on any atom is 0.440 e. The van der Waals surface area contributed by atoms with Gasteiger partial charge in [-0.25, -0.2) is 13.6 Å². The van der Waals surface area contributed by atoms with Crippen molar-refractivity contribution < 1.29 is 27.6 Å². The molecule has 0 radical (unpaired) electrons. The lowest BCUT2D eigenvalue weighted by Crippen LogP contribution is -2.31. The number of fused-ring (bicyclic) bond motifs is 1. The second kappa shape index (κ2) is 6.61. The molecule has 0 spiro atoms. The number of nitrogens with one attached hydrogen (secondary N) is 1. The zero-order chi connectivity index (χ0) is 17.1. The van der Waals surface area contributed by atoms with Gasteiger partial charge in [0.1, 0.15) is 23.0 Å². The summed E-state index contributed by atoms with van der Waals surface area (Å²) in [6, 6.07) is 4.63. The molecule has 0 unspecified atom stereocenters. The highest BCUT2D eigenvalue weighted by molar-refractivity contribution is 6.04. The number of imide groups is 1. The molecule has 1 aromatic carbocycles. The van der Waals surface area contributed by atoms with E-state index in [1.807, 2.05) is 0 Å². The highest BCUT2D eigenvalue weighted by atomic mass is 19.1. The Bertz CT molecular complexity index is 809. The van der Waals surface area contributed by atoms with Gasteiger partial charge in [-0.1, -0.05) is 11.2 Å². The average Bonchev–Trinajstić information content (AvgIpc) is 3.01. The van der Waals surface area contributed by atoms with Crippen molar-refractivity contribution in [3.63, 3.8) is 0 Å². The van der Waals surface area contributed by atoms with E-state index in [4.69, 9.17) is 4.42 Å². The van der Waals surface area contributed by atoms with Gasteiger partial charge in [0.05, 0.1) is 12.0 Å². The fraction of sp³-hybridized carbons (Fsp3) is 0.188. The number of amides is 2. The Morgan fingerprint density at radius 1 is 1.17 bits per heavy atom. The Labute approximate surface area is 135 Å². The lowest BCUT2D eigenvalue weighted by atomic mass is 9.97. The first-order chi connectivity index (χ1) is 11.6. The minimum absolute atomic E-state index is 0.504. The monoisotopic (exact) mass is 334 g/mol. The Kier molecular flexibility index (Phi) is 4.37. The third kappa shape index (κ3) is 3.17. The molecule has 0 saturated carbocycles. The lowest BCUT2D eigenvalue weighted by Gasteiger charge is -2.11. The number of carbonyl (C=O) groups excluding carboxylic acids is 2. The molecule has 2 amide bonds. The van der Waals surface area contributed by atoms with Crippen LogP contribution in [-0.4, -0.2) is 17.7 Å². The smallest absolute Gasteiger partial charge is 0.440 e. The zero-order valence-electron chi connectivity index (χ0n) is 12.3. The van der Waals surface area contributed by atoms with Crippen LogP contribution < -0.4 is 5.32 Å². The summed E-state index contributed by atoms with van der Waals surface area (Å²) in [5.74, 6) is -2.67. The van der Waals surface area contributed by atoms with Gasteiger partial charge in [0.25, 0.3) is 5.91 Å². The van der Waals surface area contributed by atoms with Crippen LogP contribution in [0.15, 0.2) is 40.1 Å². The second-order valence-corrected chi connectivity index (χ2v) is 5.08. The van der Waals surface area contributed by atoms with Gasteiger partial charge in [-0.2, -0.15) is 0 Å². The Balaban J connectivity index is 1.67. The van der Waals surface area contributed by atoms with Crippen LogP contribution in [0.1, 0.15) is 34.5 Å². The summed E-state index contributed by atoms with van der Waals surface area (Å²) in [6.07, 6.45) is 2.40. The number of rotatable bonds is 2. The molecule has 0 atom stereocenters. The molecule has 1 heterocycles. The van der Waals surface area contributed by atoms with E-state index in [9.17, 15) is 18.4 Å². The highest BCUT2D eigenvalue weighted by Crippen LogP contribution is 2.22. The number of carbonyl (C=O) groups is 2. The van der Waals surface area contributed by atoms with Crippen LogP contribution in [0.3, 0.4) is 0 Å². The normalized spacial score (nSPS) is 15.0. The molecule has 0 aliphatic heterocycles. The number of aryl methyl sites for hydroxylation is 1. The molecule has 0 bridgehead atoms. The van der Waals surface area contributed by atoms with Gasteiger partial charge in [-0.15, -0.1) is 0 Å². The topological polar surface area (TPSA) is 80.9 Å². The van der Waals surface area contributed by atoms with Gasteiger partial charge in [0.15, 0.2) is 0 Å². The molecule has 1 aliphatic rings. The van der Waals surface area contributed by atoms with Gasteiger partial charge in [-0.05, 0) is 31.0 Å². The molecule has 6 nitrogen and oxygen atoms in total. The van der Waals surface area contributed by atoms with Crippen LogP contribution >= 0.6 is 0 Å². The molecule has 1 N–H and O–H groups in total. The molecule has 1 aliphatic carbocycles. The number of hydrogen-bond donors (Lipinski definition) is 1. The quantitative estimate of drug-likeness (QED) is 0.676. The van der Waals surface area contributed by atoms with Gasteiger partial charge < -0.3 is 4.42 Å². The van der Waals surface area contributed by atoms with Crippen LogP contribution in [0.2, 0.25) is 0 Å². The summed E-state index contributed by atoms with van der Waals surface area (Å²) < 4.78 is 32.2. The van der Waals surface area contributed by atoms with Gasteiger partial charge >= 0.3 is 6.09 Å². The summed E-state index contributed by atoms with van der Waals surface area (Å²) in [4.78, 5) is 28.0. The lowest BCUT2D eigenvalue weighted by molar-refractivity contribution is 0.0914. The summed E-state index contributed by atoms with van der Waals surface area (Å²) in [6.45, 7) is 0. The maximum absolute atomic E-state index is 13.5. The van der Waals surface area contributed by atoms with Gasteiger partial charge in [0.2, 0.25) is 0 Å². The van der Waals surface area contributed by atoms with Crippen LogP contribution in [0.5, 0.6) is 0 Å². The molecular weight excluding hydrogens is 322 g/mol. The first-order valence-electron chi connectivity index (χ1n) is 7.16. The maximum atomic E-state index is 13.5. The summed E-state index contributed by atoms with van der Waals surface area (Å²) in [5.41, 5.74) is 0.377. The number of halogens is 2. The summed E-state index contributed by atoms with van der Waals surface area (Å²) in [5, 5.41) is 5.42. The van der Waals surface area contributed by atoms with Crippen LogP contribution in [0.25, 0.3) is 0 Å². The number of hydrogen-bond acceptors (Lipinski definition) is 5. The van der Waals surface area contributed by atoms with E-state index in [0.29, 0.717) is 12.1 Å². The van der Waals surface area contributed by atoms with Crippen molar-refractivity contribution in [1.82, 2.24) is 5.32 Å². The van der Waals surface area contributed by atoms with E-state index in [-0.39, 0.29) is 0 Å². The van der Waals surface area contributed by atoms with Crippen LogP contribution in [0, 0.1) is 11.6 Å².